The summed E-state index contributed by atoms with van der Waals surface area (Å²) in [6, 6.07) is 0. The number of hydrogen-bond acceptors (Lipinski definition) is 2. The zero-order chi connectivity index (χ0) is 8.86. The fraction of sp³-hybridized carbons (Fsp3) is 0.800. The molecule has 0 aromatic carbocycles. The smallest absolute Gasteiger partial charge is 0.0662 e. The highest BCUT2D eigenvalue weighted by Crippen LogP contribution is 2.25. The van der Waals surface area contributed by atoms with Crippen molar-refractivity contribution in [2.75, 3.05) is 6.54 Å². The first kappa shape index (κ1) is 9.75. The summed E-state index contributed by atoms with van der Waals surface area (Å²) in [5.74, 6) is 0. The van der Waals surface area contributed by atoms with E-state index < -0.39 is 5.60 Å². The van der Waals surface area contributed by atoms with Crippen LogP contribution in [0.3, 0.4) is 0 Å². The van der Waals surface area contributed by atoms with E-state index in [4.69, 9.17) is 5.73 Å². The molecule has 0 aromatic rings. The topological polar surface area (TPSA) is 46.2 Å². The third-order valence-corrected chi connectivity index (χ3v) is 2.57. The molecule has 1 atom stereocenters. The van der Waals surface area contributed by atoms with Crippen LogP contribution in [0, 0.1) is 0 Å². The molecular formula is C10H19NO. The fourth-order valence-corrected chi connectivity index (χ4v) is 1.78. The first-order valence-electron chi connectivity index (χ1n) is 4.84. The van der Waals surface area contributed by atoms with E-state index in [1.807, 2.05) is 0 Å². The van der Waals surface area contributed by atoms with Gasteiger partial charge in [0.25, 0.3) is 0 Å². The number of hydrogen-bond donors (Lipinski definition) is 2. The number of aliphatic hydroxyl groups is 1. The Labute approximate surface area is 74.5 Å². The first-order valence-corrected chi connectivity index (χ1v) is 4.84. The quantitative estimate of drug-likeness (QED) is 0.617. The maximum absolute atomic E-state index is 10.1. The Morgan fingerprint density at radius 2 is 2.00 bits per heavy atom. The van der Waals surface area contributed by atoms with E-state index >= 15 is 0 Å². The first-order chi connectivity index (χ1) is 5.77. The Balaban J connectivity index is 2.45. The van der Waals surface area contributed by atoms with E-state index in [0.717, 1.165) is 38.5 Å². The normalized spacial score (nSPS) is 33.8. The van der Waals surface area contributed by atoms with Crippen LogP contribution in [-0.2, 0) is 0 Å². The highest BCUT2D eigenvalue weighted by atomic mass is 16.3. The largest absolute Gasteiger partial charge is 0.390 e. The molecule has 0 aromatic heterocycles. The molecule has 0 bridgehead atoms. The third-order valence-electron chi connectivity index (χ3n) is 2.57. The molecule has 0 spiro atoms. The van der Waals surface area contributed by atoms with Gasteiger partial charge in [-0.3, -0.25) is 0 Å². The Morgan fingerprint density at radius 3 is 2.75 bits per heavy atom. The fourth-order valence-electron chi connectivity index (χ4n) is 1.78. The van der Waals surface area contributed by atoms with Crippen molar-refractivity contribution in [3.8, 4) is 0 Å². The van der Waals surface area contributed by atoms with Gasteiger partial charge in [0.1, 0.15) is 0 Å². The molecule has 3 N–H and O–H groups in total. The molecule has 0 aliphatic heterocycles. The summed E-state index contributed by atoms with van der Waals surface area (Å²) in [4.78, 5) is 0. The zero-order valence-corrected chi connectivity index (χ0v) is 7.63. The van der Waals surface area contributed by atoms with Crippen LogP contribution in [0.2, 0.25) is 0 Å². The van der Waals surface area contributed by atoms with Crippen LogP contribution in [0.4, 0.5) is 0 Å². The van der Waals surface area contributed by atoms with Gasteiger partial charge in [0.15, 0.2) is 0 Å². The molecule has 1 aliphatic carbocycles. The van der Waals surface area contributed by atoms with Crippen LogP contribution in [0.25, 0.3) is 0 Å². The lowest BCUT2D eigenvalue weighted by molar-refractivity contribution is 0.0150. The summed E-state index contributed by atoms with van der Waals surface area (Å²) in [5.41, 5.74) is 4.98. The summed E-state index contributed by atoms with van der Waals surface area (Å²) in [6.07, 6.45) is 10.1. The van der Waals surface area contributed by atoms with Gasteiger partial charge in [-0.05, 0) is 45.1 Å². The van der Waals surface area contributed by atoms with E-state index in [2.05, 4.69) is 12.2 Å². The molecule has 0 heterocycles. The summed E-state index contributed by atoms with van der Waals surface area (Å²) >= 11 is 0. The predicted octanol–water partition coefficient (Wildman–Crippen LogP) is 1.59. The Morgan fingerprint density at radius 1 is 1.25 bits per heavy atom. The van der Waals surface area contributed by atoms with Crippen molar-refractivity contribution in [1.82, 2.24) is 0 Å². The average molecular weight is 169 g/mol. The van der Waals surface area contributed by atoms with E-state index in [0.29, 0.717) is 6.54 Å². The average Bonchev–Trinajstić information content (AvgIpc) is 1.99. The van der Waals surface area contributed by atoms with Crippen molar-refractivity contribution in [3.05, 3.63) is 12.2 Å². The lowest BCUT2D eigenvalue weighted by atomic mass is 9.87. The summed E-state index contributed by atoms with van der Waals surface area (Å²) in [6.45, 7) is 0.597. The van der Waals surface area contributed by atoms with Gasteiger partial charge in [-0.25, -0.2) is 0 Å². The van der Waals surface area contributed by atoms with Gasteiger partial charge >= 0.3 is 0 Å². The second-order valence-corrected chi connectivity index (χ2v) is 3.67. The van der Waals surface area contributed by atoms with Gasteiger partial charge < -0.3 is 10.8 Å². The van der Waals surface area contributed by atoms with Crippen molar-refractivity contribution < 1.29 is 5.11 Å². The number of nitrogens with two attached hydrogens (primary N) is 1. The lowest BCUT2D eigenvalue weighted by Crippen LogP contribution is -2.31. The molecule has 0 radical (unpaired) electrons. The van der Waals surface area contributed by atoms with Crippen LogP contribution < -0.4 is 5.73 Å². The minimum atomic E-state index is -0.473. The molecule has 0 unspecified atom stereocenters. The second kappa shape index (κ2) is 4.63. The lowest BCUT2D eigenvalue weighted by Gasteiger charge is -2.28. The highest BCUT2D eigenvalue weighted by molar-refractivity contribution is 4.90. The van der Waals surface area contributed by atoms with E-state index in [1.54, 1.807) is 0 Å². The van der Waals surface area contributed by atoms with Gasteiger partial charge in [0, 0.05) is 0 Å². The van der Waals surface area contributed by atoms with Crippen LogP contribution >= 0.6 is 0 Å². The maximum atomic E-state index is 10.1. The van der Waals surface area contributed by atoms with Gasteiger partial charge in [-0.15, -0.1) is 0 Å². The molecule has 2 heteroatoms. The van der Waals surface area contributed by atoms with Crippen LogP contribution in [-0.4, -0.2) is 17.3 Å². The molecule has 0 saturated carbocycles. The molecule has 2 nitrogen and oxygen atoms in total. The minimum absolute atomic E-state index is 0.473. The second-order valence-electron chi connectivity index (χ2n) is 3.67. The van der Waals surface area contributed by atoms with Crippen molar-refractivity contribution in [1.29, 1.82) is 0 Å². The van der Waals surface area contributed by atoms with Crippen molar-refractivity contribution in [3.63, 3.8) is 0 Å². The summed E-state index contributed by atoms with van der Waals surface area (Å²) in [7, 11) is 0. The van der Waals surface area contributed by atoms with E-state index in [-0.39, 0.29) is 0 Å². The minimum Gasteiger partial charge on any atom is -0.390 e. The van der Waals surface area contributed by atoms with E-state index in [9.17, 15) is 5.11 Å². The summed E-state index contributed by atoms with van der Waals surface area (Å²) < 4.78 is 0. The number of allylic oxidation sites excluding steroid dienone is 2. The monoisotopic (exact) mass is 169 g/mol. The van der Waals surface area contributed by atoms with Gasteiger partial charge in [0.05, 0.1) is 5.60 Å². The molecule has 70 valence electrons. The maximum Gasteiger partial charge on any atom is 0.0662 e. The molecule has 12 heavy (non-hydrogen) atoms. The summed E-state index contributed by atoms with van der Waals surface area (Å²) in [5, 5.41) is 10.1. The van der Waals surface area contributed by atoms with Crippen molar-refractivity contribution in [2.45, 2.75) is 44.1 Å². The molecule has 1 aliphatic rings. The number of rotatable bonds is 2. The third kappa shape index (κ3) is 2.95. The van der Waals surface area contributed by atoms with Gasteiger partial charge in [0.2, 0.25) is 0 Å². The van der Waals surface area contributed by atoms with Crippen LogP contribution in [0.15, 0.2) is 12.2 Å². The molecule has 0 amide bonds. The molecule has 0 saturated heterocycles. The van der Waals surface area contributed by atoms with Gasteiger partial charge in [-0.2, -0.15) is 0 Å². The highest BCUT2D eigenvalue weighted by Gasteiger charge is 2.24. The zero-order valence-electron chi connectivity index (χ0n) is 7.63. The Kier molecular flexibility index (Phi) is 3.76. The molecule has 0 fully saturated rings. The van der Waals surface area contributed by atoms with Crippen LogP contribution in [0.5, 0.6) is 0 Å². The molecular weight excluding hydrogens is 150 g/mol. The van der Waals surface area contributed by atoms with Gasteiger partial charge in [-0.1, -0.05) is 12.2 Å². The van der Waals surface area contributed by atoms with E-state index in [1.165, 1.54) is 0 Å². The SMILES string of the molecule is NCC[C@]1(O)CC/C=C/CCC1. The Hall–Kier alpha value is -0.340. The van der Waals surface area contributed by atoms with Crippen LogP contribution in [0.1, 0.15) is 38.5 Å². The predicted molar refractivity (Wildman–Crippen MR) is 50.8 cm³/mol. The van der Waals surface area contributed by atoms with Crippen molar-refractivity contribution >= 4 is 0 Å². The molecule has 1 rings (SSSR count). The van der Waals surface area contributed by atoms with Crippen molar-refractivity contribution in [2.24, 2.45) is 5.73 Å². The Bertz CT molecular complexity index is 156. The standard InChI is InChI=1S/C10H19NO/c11-9-8-10(12)6-4-2-1-3-5-7-10/h1-2,12H,3-9,11H2/b2-1+/t10-/m0/s1.